The third-order valence-corrected chi connectivity index (χ3v) is 2.61. The van der Waals surface area contributed by atoms with E-state index in [1.54, 1.807) is 6.07 Å². The molecule has 0 saturated carbocycles. The third-order valence-electron chi connectivity index (χ3n) is 2.61. The lowest BCUT2D eigenvalue weighted by atomic mass is 10.1. The van der Waals surface area contributed by atoms with Gasteiger partial charge in [0.05, 0.1) is 5.69 Å². The summed E-state index contributed by atoms with van der Waals surface area (Å²) in [6, 6.07) is 11.3. The lowest BCUT2D eigenvalue weighted by molar-refractivity contribution is 0.476. The minimum absolute atomic E-state index is 0.147. The number of phenols is 1. The van der Waals surface area contributed by atoms with E-state index in [9.17, 15) is 5.11 Å². The van der Waals surface area contributed by atoms with E-state index in [1.807, 2.05) is 45.0 Å². The van der Waals surface area contributed by atoms with E-state index < -0.39 is 0 Å². The van der Waals surface area contributed by atoms with Crippen LogP contribution in [-0.4, -0.2) is 5.11 Å². The Balaban J connectivity index is 2.32. The second-order valence-corrected chi connectivity index (χ2v) is 4.54. The predicted octanol–water partition coefficient (Wildman–Crippen LogP) is 4.73. The maximum atomic E-state index is 9.67. The van der Waals surface area contributed by atoms with Crippen LogP contribution in [0.3, 0.4) is 0 Å². The summed E-state index contributed by atoms with van der Waals surface area (Å²) in [4.78, 5) is 0. The molecule has 2 aromatic rings. The molecular weight excluding hydrogens is 224 g/mol. The number of benzene rings is 2. The van der Waals surface area contributed by atoms with Gasteiger partial charge in [-0.3, -0.25) is 0 Å². The van der Waals surface area contributed by atoms with Crippen LogP contribution in [0, 0.1) is 20.8 Å². The maximum Gasteiger partial charge on any atom is 0.143 e. The number of hydrogen-bond donors (Lipinski definition) is 1. The summed E-state index contributed by atoms with van der Waals surface area (Å²) < 4.78 is 0. The highest BCUT2D eigenvalue weighted by Crippen LogP contribution is 2.29. The number of aryl methyl sites for hydroxylation is 3. The average Bonchev–Trinajstić information content (AvgIpc) is 2.29. The molecule has 3 heteroatoms. The van der Waals surface area contributed by atoms with Gasteiger partial charge in [0, 0.05) is 0 Å². The molecule has 3 nitrogen and oxygen atoms in total. The molecule has 1 N–H and O–H groups in total. The van der Waals surface area contributed by atoms with Crippen LogP contribution in [0.5, 0.6) is 5.75 Å². The zero-order chi connectivity index (χ0) is 13.1. The van der Waals surface area contributed by atoms with Gasteiger partial charge in [-0.1, -0.05) is 12.1 Å². The van der Waals surface area contributed by atoms with Crippen molar-refractivity contribution in [1.82, 2.24) is 0 Å². The van der Waals surface area contributed by atoms with Gasteiger partial charge in [0.25, 0.3) is 0 Å². The van der Waals surface area contributed by atoms with Crippen molar-refractivity contribution in [1.29, 1.82) is 0 Å². The fourth-order valence-electron chi connectivity index (χ4n) is 1.83. The number of aromatic hydroxyl groups is 1. The molecule has 0 heterocycles. The molecule has 0 fully saturated rings. The van der Waals surface area contributed by atoms with Crippen molar-refractivity contribution in [3.8, 4) is 5.75 Å². The topological polar surface area (TPSA) is 45.0 Å². The molecule has 0 amide bonds. The Morgan fingerprint density at radius 2 is 1.44 bits per heavy atom. The Bertz CT molecular complexity index is 583. The van der Waals surface area contributed by atoms with E-state index in [4.69, 9.17) is 0 Å². The average molecular weight is 240 g/mol. The quantitative estimate of drug-likeness (QED) is 0.757. The Morgan fingerprint density at radius 3 is 2.11 bits per heavy atom. The van der Waals surface area contributed by atoms with Gasteiger partial charge in [-0.25, -0.2) is 0 Å². The predicted molar refractivity (Wildman–Crippen MR) is 72.9 cm³/mol. The van der Waals surface area contributed by atoms with Gasteiger partial charge >= 0.3 is 0 Å². The molecule has 0 saturated heterocycles. The van der Waals surface area contributed by atoms with Gasteiger partial charge in [-0.05, 0) is 61.7 Å². The van der Waals surface area contributed by atoms with Crippen molar-refractivity contribution in [2.75, 3.05) is 0 Å². The minimum atomic E-state index is 0.147. The molecule has 2 rings (SSSR count). The van der Waals surface area contributed by atoms with Crippen molar-refractivity contribution in [2.45, 2.75) is 20.8 Å². The van der Waals surface area contributed by atoms with Gasteiger partial charge in [0.2, 0.25) is 0 Å². The van der Waals surface area contributed by atoms with Crippen LogP contribution < -0.4 is 0 Å². The standard InChI is InChI=1S/C15H16N2O/c1-10-4-5-15(18)14(9-10)17-16-13-7-11(2)6-12(3)8-13/h4-9,18H,1-3H3. The second kappa shape index (κ2) is 5.00. The molecule has 0 atom stereocenters. The van der Waals surface area contributed by atoms with Crippen molar-refractivity contribution in [2.24, 2.45) is 10.2 Å². The van der Waals surface area contributed by atoms with Gasteiger partial charge in [0.1, 0.15) is 11.4 Å². The fourth-order valence-corrected chi connectivity index (χ4v) is 1.83. The molecular formula is C15H16N2O. The molecule has 0 aliphatic heterocycles. The highest BCUT2D eigenvalue weighted by atomic mass is 16.3. The Hall–Kier alpha value is -2.16. The number of azo groups is 1. The highest BCUT2D eigenvalue weighted by Gasteiger charge is 2.00. The van der Waals surface area contributed by atoms with Gasteiger partial charge < -0.3 is 5.11 Å². The summed E-state index contributed by atoms with van der Waals surface area (Å²) in [5.74, 6) is 0.147. The zero-order valence-electron chi connectivity index (χ0n) is 10.8. The van der Waals surface area contributed by atoms with Crippen molar-refractivity contribution >= 4 is 11.4 Å². The first kappa shape index (κ1) is 12.3. The number of rotatable bonds is 2. The second-order valence-electron chi connectivity index (χ2n) is 4.54. The van der Waals surface area contributed by atoms with E-state index >= 15 is 0 Å². The Kier molecular flexibility index (Phi) is 3.42. The van der Waals surface area contributed by atoms with E-state index in [0.29, 0.717) is 5.69 Å². The van der Waals surface area contributed by atoms with Crippen LogP contribution in [0.15, 0.2) is 46.6 Å². The lowest BCUT2D eigenvalue weighted by Crippen LogP contribution is -1.76. The van der Waals surface area contributed by atoms with Crippen LogP contribution in [0.4, 0.5) is 11.4 Å². The molecule has 0 bridgehead atoms. The highest BCUT2D eigenvalue weighted by molar-refractivity contribution is 5.53. The lowest BCUT2D eigenvalue weighted by Gasteiger charge is -2.00. The van der Waals surface area contributed by atoms with E-state index in [-0.39, 0.29) is 5.75 Å². The fraction of sp³-hybridized carbons (Fsp3) is 0.200. The molecule has 18 heavy (non-hydrogen) atoms. The summed E-state index contributed by atoms with van der Waals surface area (Å²) in [5, 5.41) is 17.9. The number of nitrogens with zero attached hydrogens (tertiary/aromatic N) is 2. The van der Waals surface area contributed by atoms with Gasteiger partial charge in [-0.2, -0.15) is 5.11 Å². The zero-order valence-corrected chi connectivity index (χ0v) is 10.8. The van der Waals surface area contributed by atoms with Crippen LogP contribution in [0.25, 0.3) is 0 Å². The molecule has 0 aliphatic rings. The smallest absolute Gasteiger partial charge is 0.143 e. The molecule has 0 aromatic heterocycles. The Labute approximate surface area is 107 Å². The van der Waals surface area contributed by atoms with Crippen LogP contribution in [0.2, 0.25) is 0 Å². The van der Waals surface area contributed by atoms with E-state index in [2.05, 4.69) is 16.3 Å². The number of phenolic OH excluding ortho intramolecular Hbond substituents is 1. The van der Waals surface area contributed by atoms with Crippen molar-refractivity contribution < 1.29 is 5.11 Å². The molecule has 0 radical (unpaired) electrons. The molecule has 0 spiro atoms. The summed E-state index contributed by atoms with van der Waals surface area (Å²) >= 11 is 0. The first-order valence-electron chi connectivity index (χ1n) is 5.84. The summed E-state index contributed by atoms with van der Waals surface area (Å²) in [5.41, 5.74) is 4.64. The summed E-state index contributed by atoms with van der Waals surface area (Å²) in [6.07, 6.45) is 0. The normalized spacial score (nSPS) is 11.1. The minimum Gasteiger partial charge on any atom is -0.506 e. The van der Waals surface area contributed by atoms with Crippen molar-refractivity contribution in [3.63, 3.8) is 0 Å². The maximum absolute atomic E-state index is 9.67. The Morgan fingerprint density at radius 1 is 0.778 bits per heavy atom. The van der Waals surface area contributed by atoms with Crippen LogP contribution in [-0.2, 0) is 0 Å². The van der Waals surface area contributed by atoms with Crippen LogP contribution >= 0.6 is 0 Å². The summed E-state index contributed by atoms with van der Waals surface area (Å²) in [7, 11) is 0. The molecule has 0 unspecified atom stereocenters. The first-order chi connectivity index (χ1) is 8.54. The SMILES string of the molecule is Cc1cc(C)cc(N=Nc2cc(C)ccc2O)c1. The van der Waals surface area contributed by atoms with Gasteiger partial charge in [-0.15, -0.1) is 5.11 Å². The van der Waals surface area contributed by atoms with Crippen LogP contribution in [0.1, 0.15) is 16.7 Å². The van der Waals surface area contributed by atoms with Gasteiger partial charge in [0.15, 0.2) is 0 Å². The molecule has 2 aromatic carbocycles. The van der Waals surface area contributed by atoms with E-state index in [0.717, 1.165) is 22.4 Å². The van der Waals surface area contributed by atoms with Crippen molar-refractivity contribution in [3.05, 3.63) is 53.1 Å². The molecule has 0 aliphatic carbocycles. The monoisotopic (exact) mass is 240 g/mol. The summed E-state index contributed by atoms with van der Waals surface area (Å²) in [6.45, 7) is 6.00. The number of hydrogen-bond acceptors (Lipinski definition) is 3. The van der Waals surface area contributed by atoms with E-state index in [1.165, 1.54) is 0 Å². The molecule has 92 valence electrons. The third kappa shape index (κ3) is 2.94. The largest absolute Gasteiger partial charge is 0.506 e. The first-order valence-corrected chi connectivity index (χ1v) is 5.84.